The van der Waals surface area contributed by atoms with Gasteiger partial charge in [0.05, 0.1) is 19.3 Å². The number of benzene rings is 1. The SMILES string of the molecule is NC1COCc2ccc(Cl)cc21. The molecule has 0 bridgehead atoms. The van der Waals surface area contributed by atoms with E-state index >= 15 is 0 Å². The van der Waals surface area contributed by atoms with Gasteiger partial charge in [0.15, 0.2) is 0 Å². The molecule has 0 amide bonds. The Morgan fingerprint density at radius 1 is 1.50 bits per heavy atom. The second kappa shape index (κ2) is 3.05. The Hall–Kier alpha value is -0.570. The number of rotatable bonds is 0. The van der Waals surface area contributed by atoms with E-state index in [9.17, 15) is 0 Å². The number of hydrogen-bond acceptors (Lipinski definition) is 2. The van der Waals surface area contributed by atoms with E-state index in [1.54, 1.807) is 0 Å². The predicted octanol–water partition coefficient (Wildman–Crippen LogP) is 1.87. The van der Waals surface area contributed by atoms with E-state index in [0.29, 0.717) is 13.2 Å². The van der Waals surface area contributed by atoms with E-state index in [1.165, 1.54) is 0 Å². The van der Waals surface area contributed by atoms with Crippen LogP contribution < -0.4 is 5.73 Å². The summed E-state index contributed by atoms with van der Waals surface area (Å²) < 4.78 is 5.28. The van der Waals surface area contributed by atoms with Gasteiger partial charge in [-0.3, -0.25) is 0 Å². The summed E-state index contributed by atoms with van der Waals surface area (Å²) in [6, 6.07) is 5.73. The third kappa shape index (κ3) is 1.33. The average molecular weight is 184 g/mol. The normalized spacial score (nSPS) is 22.0. The zero-order valence-electron chi connectivity index (χ0n) is 6.59. The van der Waals surface area contributed by atoms with E-state index in [4.69, 9.17) is 22.1 Å². The van der Waals surface area contributed by atoms with Gasteiger partial charge in [-0.05, 0) is 23.3 Å². The molecule has 1 aliphatic heterocycles. The minimum absolute atomic E-state index is 0.0209. The van der Waals surface area contributed by atoms with Crippen LogP contribution in [0, 0.1) is 0 Å². The van der Waals surface area contributed by atoms with Crippen molar-refractivity contribution in [3.63, 3.8) is 0 Å². The molecule has 0 saturated heterocycles. The Kier molecular flexibility index (Phi) is 2.05. The monoisotopic (exact) mass is 183 g/mol. The van der Waals surface area contributed by atoms with Crippen molar-refractivity contribution < 1.29 is 4.74 Å². The lowest BCUT2D eigenvalue weighted by Gasteiger charge is -2.22. The second-order valence-corrected chi connectivity index (χ2v) is 3.40. The van der Waals surface area contributed by atoms with Gasteiger partial charge in [0.1, 0.15) is 0 Å². The highest BCUT2D eigenvalue weighted by Crippen LogP contribution is 2.25. The van der Waals surface area contributed by atoms with Crippen molar-refractivity contribution >= 4 is 11.6 Å². The molecule has 0 aliphatic carbocycles. The van der Waals surface area contributed by atoms with Crippen LogP contribution in [-0.2, 0) is 11.3 Å². The fraction of sp³-hybridized carbons (Fsp3) is 0.333. The van der Waals surface area contributed by atoms with Crippen LogP contribution in [0.3, 0.4) is 0 Å². The van der Waals surface area contributed by atoms with Crippen LogP contribution in [0.1, 0.15) is 17.2 Å². The molecule has 2 nitrogen and oxygen atoms in total. The summed E-state index contributed by atoms with van der Waals surface area (Å²) in [6.45, 7) is 1.24. The van der Waals surface area contributed by atoms with Crippen LogP contribution in [0.15, 0.2) is 18.2 Å². The number of hydrogen-bond donors (Lipinski definition) is 1. The molecule has 1 heterocycles. The van der Waals surface area contributed by atoms with Crippen LogP contribution in [0.2, 0.25) is 5.02 Å². The standard InChI is InChI=1S/C9H10ClNO/c10-7-2-1-6-4-12-5-9(11)8(6)3-7/h1-3,9H,4-5,11H2. The van der Waals surface area contributed by atoms with Crippen LogP contribution in [0.5, 0.6) is 0 Å². The number of fused-ring (bicyclic) bond motifs is 1. The van der Waals surface area contributed by atoms with Crippen LogP contribution >= 0.6 is 11.6 Å². The molecule has 3 heteroatoms. The molecule has 0 aromatic heterocycles. The van der Waals surface area contributed by atoms with Crippen molar-refractivity contribution in [3.05, 3.63) is 34.3 Å². The maximum Gasteiger partial charge on any atom is 0.0721 e. The van der Waals surface area contributed by atoms with Crippen molar-refractivity contribution in [3.8, 4) is 0 Å². The summed E-state index contributed by atoms with van der Waals surface area (Å²) in [4.78, 5) is 0. The molecule has 1 aromatic rings. The van der Waals surface area contributed by atoms with Crippen molar-refractivity contribution in [1.82, 2.24) is 0 Å². The molecular formula is C9H10ClNO. The lowest BCUT2D eigenvalue weighted by atomic mass is 10.00. The molecule has 1 unspecified atom stereocenters. The molecule has 1 atom stereocenters. The molecule has 2 rings (SSSR count). The Balaban J connectivity index is 2.47. The maximum atomic E-state index is 5.85. The van der Waals surface area contributed by atoms with Gasteiger partial charge in [-0.15, -0.1) is 0 Å². The van der Waals surface area contributed by atoms with E-state index in [0.717, 1.165) is 16.1 Å². The van der Waals surface area contributed by atoms with Gasteiger partial charge in [-0.25, -0.2) is 0 Å². The lowest BCUT2D eigenvalue weighted by Crippen LogP contribution is -2.23. The van der Waals surface area contributed by atoms with Crippen LogP contribution in [0.25, 0.3) is 0 Å². The minimum atomic E-state index is -0.0209. The zero-order valence-corrected chi connectivity index (χ0v) is 7.34. The quantitative estimate of drug-likeness (QED) is 0.667. The first-order chi connectivity index (χ1) is 5.77. The van der Waals surface area contributed by atoms with E-state index in [1.807, 2.05) is 18.2 Å². The molecule has 1 aromatic carbocycles. The van der Waals surface area contributed by atoms with E-state index in [2.05, 4.69) is 0 Å². The van der Waals surface area contributed by atoms with E-state index < -0.39 is 0 Å². The summed E-state index contributed by atoms with van der Waals surface area (Å²) in [6.07, 6.45) is 0. The summed E-state index contributed by atoms with van der Waals surface area (Å²) in [5.41, 5.74) is 8.10. The molecule has 2 N–H and O–H groups in total. The summed E-state index contributed by atoms with van der Waals surface area (Å²) in [5, 5.41) is 0.742. The third-order valence-electron chi connectivity index (χ3n) is 2.06. The van der Waals surface area contributed by atoms with Crippen molar-refractivity contribution in [1.29, 1.82) is 0 Å². The molecular weight excluding hydrogens is 174 g/mol. The van der Waals surface area contributed by atoms with Gasteiger partial charge in [0.2, 0.25) is 0 Å². The largest absolute Gasteiger partial charge is 0.375 e. The molecule has 0 spiro atoms. The van der Waals surface area contributed by atoms with Gasteiger partial charge < -0.3 is 10.5 Å². The van der Waals surface area contributed by atoms with Crippen molar-refractivity contribution in [2.24, 2.45) is 5.73 Å². The summed E-state index contributed by atoms with van der Waals surface area (Å²) >= 11 is 5.85. The van der Waals surface area contributed by atoms with Gasteiger partial charge in [0, 0.05) is 5.02 Å². The fourth-order valence-corrected chi connectivity index (χ4v) is 1.61. The van der Waals surface area contributed by atoms with E-state index in [-0.39, 0.29) is 6.04 Å². The smallest absolute Gasteiger partial charge is 0.0721 e. The van der Waals surface area contributed by atoms with Gasteiger partial charge in [0.25, 0.3) is 0 Å². The fourth-order valence-electron chi connectivity index (χ4n) is 1.43. The summed E-state index contributed by atoms with van der Waals surface area (Å²) in [5.74, 6) is 0. The first-order valence-corrected chi connectivity index (χ1v) is 4.27. The highest BCUT2D eigenvalue weighted by Gasteiger charge is 2.16. The highest BCUT2D eigenvalue weighted by atomic mass is 35.5. The summed E-state index contributed by atoms with van der Waals surface area (Å²) in [7, 11) is 0. The highest BCUT2D eigenvalue weighted by molar-refractivity contribution is 6.30. The lowest BCUT2D eigenvalue weighted by molar-refractivity contribution is 0.0924. The molecule has 0 fully saturated rings. The number of halogens is 1. The second-order valence-electron chi connectivity index (χ2n) is 2.96. The number of ether oxygens (including phenoxy) is 1. The predicted molar refractivity (Wildman–Crippen MR) is 48.0 cm³/mol. The molecule has 64 valence electrons. The van der Waals surface area contributed by atoms with Gasteiger partial charge >= 0.3 is 0 Å². The average Bonchev–Trinajstić information content (AvgIpc) is 2.07. The molecule has 12 heavy (non-hydrogen) atoms. The zero-order chi connectivity index (χ0) is 8.55. The third-order valence-corrected chi connectivity index (χ3v) is 2.30. The first-order valence-electron chi connectivity index (χ1n) is 3.89. The Morgan fingerprint density at radius 3 is 3.17 bits per heavy atom. The minimum Gasteiger partial charge on any atom is -0.375 e. The Morgan fingerprint density at radius 2 is 2.33 bits per heavy atom. The molecule has 0 saturated carbocycles. The number of nitrogens with two attached hydrogens (primary N) is 1. The van der Waals surface area contributed by atoms with Gasteiger partial charge in [-0.1, -0.05) is 17.7 Å². The van der Waals surface area contributed by atoms with Crippen molar-refractivity contribution in [2.75, 3.05) is 6.61 Å². The topological polar surface area (TPSA) is 35.2 Å². The molecule has 0 radical (unpaired) electrons. The first kappa shape index (κ1) is 8.05. The molecule has 1 aliphatic rings. The van der Waals surface area contributed by atoms with Crippen LogP contribution in [0.4, 0.5) is 0 Å². The van der Waals surface area contributed by atoms with Crippen LogP contribution in [-0.4, -0.2) is 6.61 Å². The Bertz CT molecular complexity index is 301. The maximum absolute atomic E-state index is 5.85. The van der Waals surface area contributed by atoms with Crippen molar-refractivity contribution in [2.45, 2.75) is 12.6 Å². The Labute approximate surface area is 76.3 Å². The van der Waals surface area contributed by atoms with Gasteiger partial charge in [-0.2, -0.15) is 0 Å².